The minimum Gasteiger partial charge on any atom is -0.480 e. The molecule has 14 heteroatoms. The highest BCUT2D eigenvalue weighted by Gasteiger charge is 2.39. The molecule has 14 nitrogen and oxygen atoms in total. The van der Waals surface area contributed by atoms with E-state index in [1.54, 1.807) is 13.8 Å². The van der Waals surface area contributed by atoms with Gasteiger partial charge < -0.3 is 42.5 Å². The van der Waals surface area contributed by atoms with Crippen molar-refractivity contribution < 1.29 is 39.0 Å². The number of carbonyl (C=O) groups excluding carboxylic acids is 5. The van der Waals surface area contributed by atoms with Crippen LogP contribution in [0.4, 0.5) is 0 Å². The van der Waals surface area contributed by atoms with Crippen molar-refractivity contribution in [1.29, 1.82) is 0 Å². The van der Waals surface area contributed by atoms with Crippen molar-refractivity contribution in [3.8, 4) is 0 Å². The zero-order valence-corrected chi connectivity index (χ0v) is 22.4. The molecule has 0 saturated carbocycles. The number of hydrogen-bond donors (Lipinski definition) is 7. The largest absolute Gasteiger partial charge is 0.480 e. The number of primary amides is 1. The topological polar surface area (TPSA) is 234 Å². The van der Waals surface area contributed by atoms with Crippen molar-refractivity contribution in [1.82, 2.24) is 20.9 Å². The van der Waals surface area contributed by atoms with Gasteiger partial charge in [0.15, 0.2) is 0 Å². The number of aliphatic carboxylic acids is 1. The van der Waals surface area contributed by atoms with Gasteiger partial charge in [-0.05, 0) is 37.5 Å². The Morgan fingerprint density at radius 3 is 2.05 bits per heavy atom. The third-order valence-electron chi connectivity index (χ3n) is 6.29. The second kappa shape index (κ2) is 15.2. The molecule has 216 valence electrons. The van der Waals surface area contributed by atoms with Crippen LogP contribution in [-0.2, 0) is 28.8 Å². The van der Waals surface area contributed by atoms with Gasteiger partial charge in [-0.15, -0.1) is 0 Å². The Hall–Kier alpha value is -3.26. The predicted octanol–water partition coefficient (Wildman–Crippen LogP) is -2.20. The molecule has 1 aliphatic rings. The lowest BCUT2D eigenvalue weighted by molar-refractivity contribution is -0.145. The zero-order chi connectivity index (χ0) is 29.2. The van der Waals surface area contributed by atoms with E-state index in [1.165, 1.54) is 4.90 Å². The van der Waals surface area contributed by atoms with Crippen LogP contribution in [0.2, 0.25) is 0 Å². The highest BCUT2D eigenvalue weighted by molar-refractivity contribution is 5.95. The van der Waals surface area contributed by atoms with Gasteiger partial charge in [-0.2, -0.15) is 0 Å². The number of carboxylic acid groups (broad SMARTS) is 1. The van der Waals surface area contributed by atoms with Crippen molar-refractivity contribution in [2.45, 2.75) is 90.0 Å². The highest BCUT2D eigenvalue weighted by Crippen LogP contribution is 2.19. The molecule has 0 aromatic heterocycles. The zero-order valence-electron chi connectivity index (χ0n) is 22.4. The molecule has 38 heavy (non-hydrogen) atoms. The Balaban J connectivity index is 2.96. The number of nitrogens with two attached hydrogens (primary N) is 2. The Labute approximate surface area is 222 Å². The van der Waals surface area contributed by atoms with Crippen LogP contribution in [0.15, 0.2) is 0 Å². The van der Waals surface area contributed by atoms with Crippen molar-refractivity contribution in [2.24, 2.45) is 23.3 Å². The Kier molecular flexibility index (Phi) is 13.1. The van der Waals surface area contributed by atoms with Crippen LogP contribution in [0.3, 0.4) is 0 Å². The Morgan fingerprint density at radius 1 is 0.947 bits per heavy atom. The van der Waals surface area contributed by atoms with E-state index in [4.69, 9.17) is 11.5 Å². The van der Waals surface area contributed by atoms with Crippen molar-refractivity contribution in [3.63, 3.8) is 0 Å². The first-order valence-corrected chi connectivity index (χ1v) is 12.8. The van der Waals surface area contributed by atoms with Crippen LogP contribution in [0.25, 0.3) is 0 Å². The summed E-state index contributed by atoms with van der Waals surface area (Å²) in [6.07, 6.45) is 0.472. The lowest BCUT2D eigenvalue weighted by atomic mass is 10.00. The van der Waals surface area contributed by atoms with E-state index >= 15 is 0 Å². The van der Waals surface area contributed by atoms with Gasteiger partial charge >= 0.3 is 5.97 Å². The number of amides is 5. The van der Waals surface area contributed by atoms with Crippen LogP contribution in [0, 0.1) is 11.8 Å². The second-order valence-electron chi connectivity index (χ2n) is 10.3. The molecule has 5 atom stereocenters. The Morgan fingerprint density at radius 2 is 1.55 bits per heavy atom. The second-order valence-corrected chi connectivity index (χ2v) is 10.3. The smallest absolute Gasteiger partial charge is 0.326 e. The van der Waals surface area contributed by atoms with E-state index in [1.807, 2.05) is 13.8 Å². The first kappa shape index (κ1) is 32.8. The van der Waals surface area contributed by atoms with Crippen LogP contribution in [-0.4, -0.2) is 94.0 Å². The SMILES string of the molecule is CC(C)C[C@H](NC(=O)[C@@H](N)C(C)C)C(=O)N[C@@H](CO)C(=O)N1CCC[C@H]1C(=O)N[C@@H](CCC(N)=O)C(=O)O. The maximum Gasteiger partial charge on any atom is 0.326 e. The number of aliphatic hydroxyl groups excluding tert-OH is 1. The van der Waals surface area contributed by atoms with Crippen molar-refractivity contribution in [3.05, 3.63) is 0 Å². The van der Waals surface area contributed by atoms with E-state index in [9.17, 15) is 39.0 Å². The van der Waals surface area contributed by atoms with Gasteiger partial charge in [-0.25, -0.2) is 4.79 Å². The van der Waals surface area contributed by atoms with E-state index < -0.39 is 72.3 Å². The number of carboxylic acids is 1. The van der Waals surface area contributed by atoms with Gasteiger partial charge in [0, 0.05) is 13.0 Å². The van der Waals surface area contributed by atoms with Crippen molar-refractivity contribution in [2.75, 3.05) is 13.2 Å². The summed E-state index contributed by atoms with van der Waals surface area (Å²) in [6.45, 7) is 6.62. The number of likely N-dealkylation sites (tertiary alicyclic amines) is 1. The van der Waals surface area contributed by atoms with Crippen LogP contribution in [0.5, 0.6) is 0 Å². The number of rotatable bonds is 15. The summed E-state index contributed by atoms with van der Waals surface area (Å²) in [5.74, 6) is -4.90. The summed E-state index contributed by atoms with van der Waals surface area (Å²) in [6, 6.07) is -5.65. The molecule has 1 saturated heterocycles. The quantitative estimate of drug-likeness (QED) is 0.119. The fourth-order valence-electron chi connectivity index (χ4n) is 4.05. The molecule has 1 fully saturated rings. The normalized spacial score (nSPS) is 18.4. The summed E-state index contributed by atoms with van der Waals surface area (Å²) in [7, 11) is 0. The minimum absolute atomic E-state index is 0.00741. The monoisotopic (exact) mass is 542 g/mol. The number of aliphatic hydroxyl groups is 1. The number of hydrogen-bond acceptors (Lipinski definition) is 8. The van der Waals surface area contributed by atoms with E-state index in [0.29, 0.717) is 6.42 Å². The maximum absolute atomic E-state index is 13.2. The van der Waals surface area contributed by atoms with Gasteiger partial charge in [0.2, 0.25) is 29.5 Å². The molecule has 1 aliphatic heterocycles. The van der Waals surface area contributed by atoms with Crippen molar-refractivity contribution >= 4 is 35.5 Å². The molecule has 0 spiro atoms. The van der Waals surface area contributed by atoms with E-state index in [2.05, 4.69) is 16.0 Å². The first-order valence-electron chi connectivity index (χ1n) is 12.8. The molecule has 0 radical (unpaired) electrons. The first-order chi connectivity index (χ1) is 17.7. The summed E-state index contributed by atoms with van der Waals surface area (Å²) in [5, 5.41) is 26.6. The maximum atomic E-state index is 13.2. The molecular formula is C24H42N6O8. The fourth-order valence-corrected chi connectivity index (χ4v) is 4.05. The average Bonchev–Trinajstić information content (AvgIpc) is 3.32. The van der Waals surface area contributed by atoms with Gasteiger partial charge in [0.1, 0.15) is 24.2 Å². The molecule has 0 bridgehead atoms. The molecular weight excluding hydrogens is 500 g/mol. The minimum atomic E-state index is -1.40. The standard InChI is InChI=1S/C24H42N6O8/c1-12(2)10-15(28-22(35)19(26)13(3)4)20(33)29-16(11-31)23(36)30-9-5-6-17(30)21(34)27-14(24(37)38)7-8-18(25)32/h12-17,19,31H,5-11,26H2,1-4H3,(H2,25,32)(H,27,34)(H,28,35)(H,29,33)(H,37,38)/t14-,15-,16-,17-,19-/m0/s1. The molecule has 0 aliphatic carbocycles. The van der Waals surface area contributed by atoms with Gasteiger partial charge in [0.25, 0.3) is 0 Å². The lowest BCUT2D eigenvalue weighted by Gasteiger charge is -2.30. The van der Waals surface area contributed by atoms with Gasteiger partial charge in [0.05, 0.1) is 12.6 Å². The highest BCUT2D eigenvalue weighted by atomic mass is 16.4. The fraction of sp³-hybridized carbons (Fsp3) is 0.750. The van der Waals surface area contributed by atoms with E-state index in [0.717, 1.165) is 0 Å². The third kappa shape index (κ3) is 9.89. The molecule has 1 heterocycles. The number of carbonyl (C=O) groups is 6. The molecule has 0 aromatic rings. The molecule has 9 N–H and O–H groups in total. The lowest BCUT2D eigenvalue weighted by Crippen LogP contribution is -2.59. The van der Waals surface area contributed by atoms with Crippen LogP contribution >= 0.6 is 0 Å². The van der Waals surface area contributed by atoms with Gasteiger partial charge in [-0.1, -0.05) is 27.7 Å². The summed E-state index contributed by atoms with van der Waals surface area (Å²) in [4.78, 5) is 75.2. The summed E-state index contributed by atoms with van der Waals surface area (Å²) >= 11 is 0. The molecule has 0 aromatic carbocycles. The van der Waals surface area contributed by atoms with E-state index in [-0.39, 0.29) is 44.1 Å². The third-order valence-corrected chi connectivity index (χ3v) is 6.29. The molecule has 0 unspecified atom stereocenters. The summed E-state index contributed by atoms with van der Waals surface area (Å²) in [5.41, 5.74) is 10.9. The summed E-state index contributed by atoms with van der Waals surface area (Å²) < 4.78 is 0. The molecule has 1 rings (SSSR count). The number of nitrogens with zero attached hydrogens (tertiary/aromatic N) is 1. The average molecular weight is 543 g/mol. The number of nitrogens with one attached hydrogen (secondary N) is 3. The van der Waals surface area contributed by atoms with Crippen LogP contribution < -0.4 is 27.4 Å². The molecule has 5 amide bonds. The van der Waals surface area contributed by atoms with Gasteiger partial charge in [-0.3, -0.25) is 24.0 Å². The predicted molar refractivity (Wildman–Crippen MR) is 136 cm³/mol. The Bertz CT molecular complexity index is 880. The van der Waals surface area contributed by atoms with Crippen LogP contribution in [0.1, 0.15) is 59.8 Å².